The quantitative estimate of drug-likeness (QED) is 0.608. The predicted octanol–water partition coefficient (Wildman–Crippen LogP) is 2.36. The van der Waals surface area contributed by atoms with Crippen molar-refractivity contribution < 1.29 is 0 Å². The zero-order valence-electron chi connectivity index (χ0n) is 7.33. The molecule has 1 heteroatoms. The summed E-state index contributed by atoms with van der Waals surface area (Å²) in [7, 11) is 2.14. The van der Waals surface area contributed by atoms with Gasteiger partial charge < -0.3 is 4.90 Å². The van der Waals surface area contributed by atoms with Crippen molar-refractivity contribution >= 4 is 5.70 Å². The summed E-state index contributed by atoms with van der Waals surface area (Å²) in [5, 5.41) is 0. The third-order valence-electron chi connectivity index (χ3n) is 2.28. The first-order valence-corrected chi connectivity index (χ1v) is 4.34. The Morgan fingerprint density at radius 3 is 2.50 bits per heavy atom. The largest absolute Gasteiger partial charge is 0.374 e. The van der Waals surface area contributed by atoms with Gasteiger partial charge in [0.25, 0.3) is 0 Å². The summed E-state index contributed by atoms with van der Waals surface area (Å²) in [4.78, 5) is 2.30. The van der Waals surface area contributed by atoms with Gasteiger partial charge in [-0.05, 0) is 12.0 Å². The monoisotopic (exact) mass is 159 g/mol. The standard InChI is InChI=1S/C11H13N/c1-12-9-5-8-11(12)10-6-3-2-4-7-10/h2-4,6-8H,5,9H2,1H3. The Labute approximate surface area is 73.3 Å². The Balaban J connectivity index is 2.31. The summed E-state index contributed by atoms with van der Waals surface area (Å²) < 4.78 is 0. The lowest BCUT2D eigenvalue weighted by molar-refractivity contribution is 0.517. The second kappa shape index (κ2) is 3.02. The molecule has 62 valence electrons. The molecule has 0 aromatic heterocycles. The van der Waals surface area contributed by atoms with E-state index in [0.717, 1.165) is 6.54 Å². The fourth-order valence-electron chi connectivity index (χ4n) is 1.62. The maximum absolute atomic E-state index is 2.30. The van der Waals surface area contributed by atoms with Crippen molar-refractivity contribution in [2.24, 2.45) is 0 Å². The Kier molecular flexibility index (Phi) is 1.86. The van der Waals surface area contributed by atoms with Gasteiger partial charge in [0.1, 0.15) is 0 Å². The lowest BCUT2D eigenvalue weighted by atomic mass is 10.1. The van der Waals surface area contributed by atoms with Crippen LogP contribution in [0.2, 0.25) is 0 Å². The molecular weight excluding hydrogens is 146 g/mol. The van der Waals surface area contributed by atoms with Crippen molar-refractivity contribution in [3.63, 3.8) is 0 Å². The first kappa shape index (κ1) is 7.41. The minimum atomic E-state index is 1.16. The highest BCUT2D eigenvalue weighted by Gasteiger charge is 2.10. The minimum Gasteiger partial charge on any atom is -0.374 e. The summed E-state index contributed by atoms with van der Waals surface area (Å²) in [5.41, 5.74) is 2.70. The molecule has 0 atom stereocenters. The normalized spacial score (nSPS) is 16.4. The zero-order valence-corrected chi connectivity index (χ0v) is 7.33. The van der Waals surface area contributed by atoms with E-state index in [0.29, 0.717) is 0 Å². The number of hydrogen-bond donors (Lipinski definition) is 0. The highest BCUT2D eigenvalue weighted by molar-refractivity contribution is 5.65. The summed E-state index contributed by atoms with van der Waals surface area (Å²) in [6.07, 6.45) is 3.48. The topological polar surface area (TPSA) is 3.24 Å². The first-order valence-electron chi connectivity index (χ1n) is 4.34. The number of rotatable bonds is 1. The number of nitrogens with zero attached hydrogens (tertiary/aromatic N) is 1. The molecular formula is C11H13N. The first-order chi connectivity index (χ1) is 5.88. The van der Waals surface area contributed by atoms with Crippen LogP contribution in [0.1, 0.15) is 12.0 Å². The van der Waals surface area contributed by atoms with Crippen LogP contribution in [-0.4, -0.2) is 18.5 Å². The third-order valence-corrected chi connectivity index (χ3v) is 2.28. The third kappa shape index (κ3) is 1.22. The van der Waals surface area contributed by atoms with E-state index in [2.05, 4.69) is 48.4 Å². The van der Waals surface area contributed by atoms with E-state index >= 15 is 0 Å². The average molecular weight is 159 g/mol. The number of benzene rings is 1. The molecule has 0 aliphatic carbocycles. The molecule has 0 unspecified atom stereocenters. The molecule has 1 aliphatic heterocycles. The van der Waals surface area contributed by atoms with Gasteiger partial charge in [-0.2, -0.15) is 0 Å². The van der Waals surface area contributed by atoms with Gasteiger partial charge >= 0.3 is 0 Å². The second-order valence-corrected chi connectivity index (χ2v) is 3.17. The van der Waals surface area contributed by atoms with Gasteiger partial charge in [-0.3, -0.25) is 0 Å². The molecule has 1 aromatic carbocycles. The molecule has 0 N–H and O–H groups in total. The molecule has 0 amide bonds. The van der Waals surface area contributed by atoms with Gasteiger partial charge in [0, 0.05) is 19.3 Å². The molecule has 0 fully saturated rings. The molecule has 0 spiro atoms. The highest BCUT2D eigenvalue weighted by atomic mass is 15.1. The molecule has 1 aliphatic rings. The Bertz CT molecular complexity index is 287. The smallest absolute Gasteiger partial charge is 0.0397 e. The van der Waals surface area contributed by atoms with Crippen molar-refractivity contribution in [1.82, 2.24) is 4.90 Å². The van der Waals surface area contributed by atoms with Gasteiger partial charge in [-0.25, -0.2) is 0 Å². The van der Waals surface area contributed by atoms with Crippen molar-refractivity contribution in [1.29, 1.82) is 0 Å². The second-order valence-electron chi connectivity index (χ2n) is 3.17. The van der Waals surface area contributed by atoms with Crippen LogP contribution >= 0.6 is 0 Å². The van der Waals surface area contributed by atoms with Gasteiger partial charge in [0.15, 0.2) is 0 Å². The lowest BCUT2D eigenvalue weighted by Crippen LogP contribution is -2.11. The minimum absolute atomic E-state index is 1.16. The van der Waals surface area contributed by atoms with Crippen LogP contribution in [0.4, 0.5) is 0 Å². The van der Waals surface area contributed by atoms with E-state index in [1.165, 1.54) is 17.7 Å². The predicted molar refractivity (Wildman–Crippen MR) is 51.7 cm³/mol. The van der Waals surface area contributed by atoms with Gasteiger partial charge in [-0.15, -0.1) is 0 Å². The summed E-state index contributed by atoms with van der Waals surface area (Å²) in [6.45, 7) is 1.16. The average Bonchev–Trinajstić information content (AvgIpc) is 2.53. The van der Waals surface area contributed by atoms with Crippen molar-refractivity contribution in [3.05, 3.63) is 42.0 Å². The molecule has 0 bridgehead atoms. The van der Waals surface area contributed by atoms with Crippen molar-refractivity contribution in [2.45, 2.75) is 6.42 Å². The Morgan fingerprint density at radius 2 is 1.92 bits per heavy atom. The van der Waals surface area contributed by atoms with Gasteiger partial charge in [0.2, 0.25) is 0 Å². The van der Waals surface area contributed by atoms with E-state index < -0.39 is 0 Å². The van der Waals surface area contributed by atoms with Crippen LogP contribution < -0.4 is 0 Å². The number of hydrogen-bond acceptors (Lipinski definition) is 1. The van der Waals surface area contributed by atoms with Crippen LogP contribution in [0.15, 0.2) is 36.4 Å². The SMILES string of the molecule is CN1CCC=C1c1ccccc1. The molecule has 12 heavy (non-hydrogen) atoms. The van der Waals surface area contributed by atoms with E-state index in [9.17, 15) is 0 Å². The highest BCUT2D eigenvalue weighted by Crippen LogP contribution is 2.22. The fourth-order valence-corrected chi connectivity index (χ4v) is 1.62. The van der Waals surface area contributed by atoms with Crippen LogP contribution in [0, 0.1) is 0 Å². The van der Waals surface area contributed by atoms with E-state index in [-0.39, 0.29) is 0 Å². The zero-order chi connectivity index (χ0) is 8.39. The molecule has 1 aromatic rings. The summed E-state index contributed by atoms with van der Waals surface area (Å²) >= 11 is 0. The van der Waals surface area contributed by atoms with Gasteiger partial charge in [-0.1, -0.05) is 36.4 Å². The van der Waals surface area contributed by atoms with Crippen molar-refractivity contribution in [2.75, 3.05) is 13.6 Å². The summed E-state index contributed by atoms with van der Waals surface area (Å²) in [5.74, 6) is 0. The molecule has 0 saturated carbocycles. The fraction of sp³-hybridized carbons (Fsp3) is 0.273. The van der Waals surface area contributed by atoms with E-state index in [4.69, 9.17) is 0 Å². The molecule has 2 rings (SSSR count). The van der Waals surface area contributed by atoms with Gasteiger partial charge in [0.05, 0.1) is 0 Å². The Morgan fingerprint density at radius 1 is 1.17 bits per heavy atom. The van der Waals surface area contributed by atoms with E-state index in [1.54, 1.807) is 0 Å². The molecule has 1 nitrogen and oxygen atoms in total. The molecule has 0 saturated heterocycles. The molecule has 0 radical (unpaired) electrons. The van der Waals surface area contributed by atoms with E-state index in [1.807, 2.05) is 0 Å². The summed E-state index contributed by atoms with van der Waals surface area (Å²) in [6, 6.07) is 10.5. The Hall–Kier alpha value is -1.24. The van der Waals surface area contributed by atoms with Crippen LogP contribution in [-0.2, 0) is 0 Å². The molecule has 1 heterocycles. The lowest BCUT2D eigenvalue weighted by Gasteiger charge is -2.15. The van der Waals surface area contributed by atoms with Crippen molar-refractivity contribution in [3.8, 4) is 0 Å². The van der Waals surface area contributed by atoms with Crippen LogP contribution in [0.3, 0.4) is 0 Å². The van der Waals surface area contributed by atoms with Crippen LogP contribution in [0.25, 0.3) is 5.70 Å². The maximum Gasteiger partial charge on any atom is 0.0397 e. The van der Waals surface area contributed by atoms with Crippen LogP contribution in [0.5, 0.6) is 0 Å². The maximum atomic E-state index is 2.30.